The third-order valence-electron chi connectivity index (χ3n) is 4.00. The third kappa shape index (κ3) is 4.50. The fraction of sp³-hybridized carbons (Fsp3) is 0.400. The van der Waals surface area contributed by atoms with Crippen LogP contribution in [0.15, 0.2) is 22.7 Å². The van der Waals surface area contributed by atoms with Gasteiger partial charge in [0.05, 0.1) is 0 Å². The molecule has 130 valence electrons. The van der Waals surface area contributed by atoms with Crippen molar-refractivity contribution in [3.05, 3.63) is 28.5 Å². The maximum Gasteiger partial charge on any atom is 0.226 e. The summed E-state index contributed by atoms with van der Waals surface area (Å²) in [6.45, 7) is 0. The van der Waals surface area contributed by atoms with Crippen molar-refractivity contribution in [2.45, 2.75) is 31.7 Å². The molecular weight excluding hydrogens is 419 g/mol. The smallest absolute Gasteiger partial charge is 0.226 e. The number of carbonyl (C=O) groups is 1. The minimum absolute atomic E-state index is 0. The van der Waals surface area contributed by atoms with E-state index < -0.39 is 0 Å². The summed E-state index contributed by atoms with van der Waals surface area (Å²) in [4.78, 5) is 12.1. The Hall–Kier alpha value is -1.09. The molecule has 0 saturated heterocycles. The molecule has 1 aliphatic carbocycles. The van der Waals surface area contributed by atoms with Gasteiger partial charge >= 0.3 is 0 Å². The van der Waals surface area contributed by atoms with Crippen molar-refractivity contribution in [1.82, 2.24) is 10.2 Å². The lowest BCUT2D eigenvalue weighted by atomic mass is 10.00. The molecule has 0 spiro atoms. The Balaban J connectivity index is 0.00000208. The molecule has 0 aliphatic heterocycles. The molecule has 9 heteroatoms. The zero-order valence-electron chi connectivity index (χ0n) is 12.7. The van der Waals surface area contributed by atoms with Crippen LogP contribution in [0.4, 0.5) is 9.52 Å². The molecule has 3 rings (SSSR count). The number of nitrogens with zero attached hydrogens (tertiary/aromatic N) is 2. The number of aromatic nitrogens is 2. The normalized spacial score (nSPS) is 19.8. The summed E-state index contributed by atoms with van der Waals surface area (Å²) >= 11 is 4.45. The van der Waals surface area contributed by atoms with E-state index in [1.807, 2.05) is 0 Å². The van der Waals surface area contributed by atoms with Crippen LogP contribution in [0.25, 0.3) is 10.6 Å². The van der Waals surface area contributed by atoms with E-state index in [2.05, 4.69) is 31.4 Å². The monoisotopic (exact) mass is 434 g/mol. The molecule has 1 aromatic heterocycles. The molecule has 0 bridgehead atoms. The van der Waals surface area contributed by atoms with E-state index in [1.54, 1.807) is 12.1 Å². The number of carbonyl (C=O) groups excluding carboxylic acids is 1. The Morgan fingerprint density at radius 3 is 2.92 bits per heavy atom. The van der Waals surface area contributed by atoms with Gasteiger partial charge in [0.1, 0.15) is 5.82 Å². The molecule has 5 nitrogen and oxygen atoms in total. The predicted molar refractivity (Wildman–Crippen MR) is 98.8 cm³/mol. The van der Waals surface area contributed by atoms with Gasteiger partial charge < -0.3 is 11.1 Å². The highest BCUT2D eigenvalue weighted by Gasteiger charge is 2.26. The highest BCUT2D eigenvalue weighted by Crippen LogP contribution is 2.31. The van der Waals surface area contributed by atoms with E-state index in [-0.39, 0.29) is 36.1 Å². The number of hydrogen-bond donors (Lipinski definition) is 2. The van der Waals surface area contributed by atoms with Gasteiger partial charge in [-0.3, -0.25) is 4.79 Å². The number of nitrogens with two attached hydrogens (primary N) is 1. The fourth-order valence-corrected chi connectivity index (χ4v) is 3.91. The lowest BCUT2D eigenvalue weighted by Gasteiger charge is -2.13. The van der Waals surface area contributed by atoms with Gasteiger partial charge in [0, 0.05) is 22.5 Å². The van der Waals surface area contributed by atoms with E-state index in [0.717, 1.165) is 35.1 Å². The van der Waals surface area contributed by atoms with E-state index >= 15 is 0 Å². The van der Waals surface area contributed by atoms with Gasteiger partial charge in [0.25, 0.3) is 0 Å². The van der Waals surface area contributed by atoms with Crippen molar-refractivity contribution in [2.24, 2.45) is 11.7 Å². The van der Waals surface area contributed by atoms with Crippen molar-refractivity contribution < 1.29 is 9.18 Å². The zero-order valence-corrected chi connectivity index (χ0v) is 15.9. The Labute approximate surface area is 157 Å². The average molecular weight is 436 g/mol. The minimum atomic E-state index is -0.376. The molecule has 24 heavy (non-hydrogen) atoms. The Kier molecular flexibility index (Phi) is 6.68. The molecule has 1 aliphatic rings. The molecule has 1 saturated carbocycles. The summed E-state index contributed by atoms with van der Waals surface area (Å²) in [7, 11) is 0. The van der Waals surface area contributed by atoms with Gasteiger partial charge in [-0.1, -0.05) is 33.7 Å². The number of hydrogen-bond acceptors (Lipinski definition) is 5. The summed E-state index contributed by atoms with van der Waals surface area (Å²) in [6.07, 6.45) is 3.42. The van der Waals surface area contributed by atoms with Crippen LogP contribution in [0.2, 0.25) is 0 Å². The number of amides is 1. The first-order valence-electron chi connectivity index (χ1n) is 7.37. The van der Waals surface area contributed by atoms with Gasteiger partial charge in [-0.15, -0.1) is 22.6 Å². The molecule has 1 amide bonds. The van der Waals surface area contributed by atoms with E-state index in [4.69, 9.17) is 5.73 Å². The van der Waals surface area contributed by atoms with Crippen LogP contribution < -0.4 is 11.1 Å². The van der Waals surface area contributed by atoms with Crippen molar-refractivity contribution >= 4 is 50.7 Å². The number of nitrogens with one attached hydrogen (secondary N) is 1. The summed E-state index contributed by atoms with van der Waals surface area (Å²) in [5.74, 6) is -0.270. The number of halogens is 3. The highest BCUT2D eigenvalue weighted by molar-refractivity contribution is 9.10. The Morgan fingerprint density at radius 2 is 2.21 bits per heavy atom. The van der Waals surface area contributed by atoms with Crippen LogP contribution in [0.5, 0.6) is 0 Å². The first-order chi connectivity index (χ1) is 11.0. The number of benzene rings is 1. The third-order valence-corrected chi connectivity index (χ3v) is 5.36. The van der Waals surface area contributed by atoms with E-state index in [1.165, 1.54) is 6.07 Å². The van der Waals surface area contributed by atoms with Crippen molar-refractivity contribution in [2.75, 3.05) is 5.32 Å². The molecule has 1 heterocycles. The second kappa shape index (κ2) is 8.33. The van der Waals surface area contributed by atoms with Gasteiger partial charge in [-0.05, 0) is 37.0 Å². The van der Waals surface area contributed by atoms with Crippen LogP contribution >= 0.6 is 39.7 Å². The van der Waals surface area contributed by atoms with E-state index in [9.17, 15) is 9.18 Å². The second-order valence-corrected chi connectivity index (χ2v) is 7.54. The SMILES string of the molecule is Cl.N[C@@H]1CCC[C@H]1CC(=O)Nc1nnc(-c2cc(Br)ccc2F)s1. The quantitative estimate of drug-likeness (QED) is 0.761. The topological polar surface area (TPSA) is 80.9 Å². The standard InChI is InChI=1S/C15H16BrFN4OS.ClH/c16-9-4-5-11(17)10(7-9)14-20-21-15(23-14)19-13(22)6-8-2-1-3-12(8)18;/h4-5,7-8,12H,1-3,6,18H2,(H,19,21,22);1H/t8-,12+;/m0./s1. The fourth-order valence-electron chi connectivity index (χ4n) is 2.77. The molecule has 2 atom stereocenters. The lowest BCUT2D eigenvalue weighted by molar-refractivity contribution is -0.117. The summed E-state index contributed by atoms with van der Waals surface area (Å²) in [5.41, 5.74) is 6.34. The van der Waals surface area contributed by atoms with Crippen LogP contribution in [0.3, 0.4) is 0 Å². The van der Waals surface area contributed by atoms with Crippen LogP contribution in [0, 0.1) is 11.7 Å². The first-order valence-corrected chi connectivity index (χ1v) is 8.98. The van der Waals surface area contributed by atoms with E-state index in [0.29, 0.717) is 22.1 Å². The summed E-state index contributed by atoms with van der Waals surface area (Å²) in [5, 5.41) is 11.4. The van der Waals surface area contributed by atoms with Crippen LogP contribution in [-0.4, -0.2) is 22.1 Å². The van der Waals surface area contributed by atoms with Crippen LogP contribution in [0.1, 0.15) is 25.7 Å². The molecule has 1 fully saturated rings. The molecule has 3 N–H and O–H groups in total. The Bertz CT molecular complexity index is 729. The molecule has 0 unspecified atom stereocenters. The van der Waals surface area contributed by atoms with Gasteiger partial charge in [0.2, 0.25) is 11.0 Å². The van der Waals surface area contributed by atoms with Crippen LogP contribution in [-0.2, 0) is 4.79 Å². The average Bonchev–Trinajstić information content (AvgIpc) is 3.12. The predicted octanol–water partition coefficient (Wildman–Crippen LogP) is 3.98. The maximum atomic E-state index is 13.9. The highest BCUT2D eigenvalue weighted by atomic mass is 79.9. The van der Waals surface area contributed by atoms with Crippen molar-refractivity contribution in [3.8, 4) is 10.6 Å². The zero-order chi connectivity index (χ0) is 16.4. The molecule has 1 aromatic carbocycles. The minimum Gasteiger partial charge on any atom is -0.327 e. The molecular formula is C15H17BrClFN4OS. The number of anilines is 1. The first kappa shape index (κ1) is 19.2. The summed E-state index contributed by atoms with van der Waals surface area (Å²) in [6, 6.07) is 4.72. The lowest BCUT2D eigenvalue weighted by Crippen LogP contribution is -2.28. The Morgan fingerprint density at radius 1 is 1.42 bits per heavy atom. The molecule has 0 radical (unpaired) electrons. The van der Waals surface area contributed by atoms with Gasteiger partial charge in [-0.25, -0.2) is 4.39 Å². The second-order valence-electron chi connectivity index (χ2n) is 5.64. The molecule has 2 aromatic rings. The largest absolute Gasteiger partial charge is 0.327 e. The van der Waals surface area contributed by atoms with Crippen molar-refractivity contribution in [1.29, 1.82) is 0 Å². The van der Waals surface area contributed by atoms with Crippen molar-refractivity contribution in [3.63, 3.8) is 0 Å². The van der Waals surface area contributed by atoms with Gasteiger partial charge in [-0.2, -0.15) is 0 Å². The number of rotatable bonds is 4. The maximum absolute atomic E-state index is 13.9. The summed E-state index contributed by atoms with van der Waals surface area (Å²) < 4.78 is 14.6. The van der Waals surface area contributed by atoms with Gasteiger partial charge in [0.15, 0.2) is 5.01 Å².